The van der Waals surface area contributed by atoms with Crippen LogP contribution in [-0.4, -0.2) is 4.98 Å². The van der Waals surface area contributed by atoms with Gasteiger partial charge in [-0.2, -0.15) is 5.26 Å². The molecule has 0 atom stereocenters. The molecule has 1 aromatic heterocycles. The molecule has 2 rings (SSSR count). The Morgan fingerprint density at radius 3 is 2.60 bits per heavy atom. The van der Waals surface area contributed by atoms with Crippen LogP contribution in [0.2, 0.25) is 0 Å². The van der Waals surface area contributed by atoms with Gasteiger partial charge in [-0.15, -0.1) is 11.3 Å². The number of hydrogen-bond donors (Lipinski definition) is 0. The van der Waals surface area contributed by atoms with Crippen LogP contribution in [0.3, 0.4) is 0 Å². The maximum absolute atomic E-state index is 8.73. The molecular formula is C16H18N2OS. The summed E-state index contributed by atoms with van der Waals surface area (Å²) >= 11 is 1.55. The molecule has 0 amide bonds. The number of aryl methyl sites for hydroxylation is 1. The van der Waals surface area contributed by atoms with E-state index in [1.54, 1.807) is 11.3 Å². The molecule has 0 aliphatic carbocycles. The van der Waals surface area contributed by atoms with Gasteiger partial charge < -0.3 is 4.74 Å². The Morgan fingerprint density at radius 1 is 1.30 bits per heavy atom. The first kappa shape index (κ1) is 14.5. The minimum Gasteiger partial charge on any atom is -0.486 e. The quantitative estimate of drug-likeness (QED) is 0.826. The SMILES string of the molecule is Cc1nc(COc2ccc(C(C)C)cc2)sc1CC#N. The highest BCUT2D eigenvalue weighted by molar-refractivity contribution is 7.11. The van der Waals surface area contributed by atoms with Gasteiger partial charge in [-0.05, 0) is 30.5 Å². The molecule has 0 fully saturated rings. The third kappa shape index (κ3) is 3.58. The van der Waals surface area contributed by atoms with E-state index in [-0.39, 0.29) is 0 Å². The van der Waals surface area contributed by atoms with Gasteiger partial charge in [-0.25, -0.2) is 4.98 Å². The van der Waals surface area contributed by atoms with Crippen LogP contribution >= 0.6 is 11.3 Å². The molecule has 4 heteroatoms. The first-order chi connectivity index (χ1) is 9.60. The number of nitriles is 1. The standard InChI is InChI=1S/C16H18N2OS/c1-11(2)13-4-6-14(7-5-13)19-10-16-18-12(3)15(20-16)8-9-17/h4-7,11H,8,10H2,1-3H3. The topological polar surface area (TPSA) is 45.9 Å². The lowest BCUT2D eigenvalue weighted by molar-refractivity contribution is 0.305. The third-order valence-corrected chi connectivity index (χ3v) is 4.22. The van der Waals surface area contributed by atoms with Crippen molar-refractivity contribution in [3.8, 4) is 11.8 Å². The number of aromatic nitrogens is 1. The lowest BCUT2D eigenvalue weighted by atomic mass is 10.0. The molecule has 1 heterocycles. The summed E-state index contributed by atoms with van der Waals surface area (Å²) in [7, 11) is 0. The molecule has 0 saturated carbocycles. The van der Waals surface area contributed by atoms with Gasteiger partial charge in [-0.3, -0.25) is 0 Å². The lowest BCUT2D eigenvalue weighted by Gasteiger charge is -2.07. The minimum absolute atomic E-state index is 0.423. The summed E-state index contributed by atoms with van der Waals surface area (Å²) in [6.45, 7) is 6.73. The van der Waals surface area contributed by atoms with Gasteiger partial charge in [0.05, 0.1) is 18.2 Å². The summed E-state index contributed by atoms with van der Waals surface area (Å²) in [5.74, 6) is 1.38. The predicted octanol–water partition coefficient (Wildman–Crippen LogP) is 4.22. The van der Waals surface area contributed by atoms with E-state index in [0.29, 0.717) is 18.9 Å². The van der Waals surface area contributed by atoms with Crippen LogP contribution in [0.25, 0.3) is 0 Å². The lowest BCUT2D eigenvalue weighted by Crippen LogP contribution is -1.95. The van der Waals surface area contributed by atoms with Crippen molar-refractivity contribution in [2.45, 2.75) is 39.7 Å². The van der Waals surface area contributed by atoms with Gasteiger partial charge in [0.2, 0.25) is 0 Å². The fraction of sp³-hybridized carbons (Fsp3) is 0.375. The second-order valence-electron chi connectivity index (χ2n) is 4.96. The smallest absolute Gasteiger partial charge is 0.140 e. The zero-order valence-electron chi connectivity index (χ0n) is 12.0. The molecule has 0 aliphatic rings. The van der Waals surface area contributed by atoms with E-state index in [1.807, 2.05) is 19.1 Å². The Labute approximate surface area is 123 Å². The molecular weight excluding hydrogens is 268 g/mol. The number of benzene rings is 1. The molecule has 0 radical (unpaired) electrons. The Morgan fingerprint density at radius 2 is 2.00 bits per heavy atom. The summed E-state index contributed by atoms with van der Waals surface area (Å²) in [5, 5.41) is 9.65. The van der Waals surface area contributed by atoms with Gasteiger partial charge >= 0.3 is 0 Å². The Hall–Kier alpha value is -1.86. The Bertz CT molecular complexity index is 608. The Kier molecular flexibility index (Phi) is 4.75. The molecule has 1 aromatic carbocycles. The van der Waals surface area contributed by atoms with E-state index < -0.39 is 0 Å². The molecule has 0 saturated heterocycles. The van der Waals surface area contributed by atoms with Gasteiger partial charge in [0, 0.05) is 4.88 Å². The largest absolute Gasteiger partial charge is 0.486 e. The number of rotatable bonds is 5. The number of nitrogens with zero attached hydrogens (tertiary/aromatic N) is 2. The van der Waals surface area contributed by atoms with Crippen LogP contribution < -0.4 is 4.74 Å². The second kappa shape index (κ2) is 6.53. The van der Waals surface area contributed by atoms with Crippen molar-refractivity contribution < 1.29 is 4.74 Å². The molecule has 104 valence electrons. The summed E-state index contributed by atoms with van der Waals surface area (Å²) in [6.07, 6.45) is 0.423. The normalized spacial score (nSPS) is 10.6. The van der Waals surface area contributed by atoms with Gasteiger partial charge in [0.25, 0.3) is 0 Å². The fourth-order valence-electron chi connectivity index (χ4n) is 1.88. The van der Waals surface area contributed by atoms with Crippen LogP contribution in [0.4, 0.5) is 0 Å². The highest BCUT2D eigenvalue weighted by atomic mass is 32.1. The molecule has 0 unspecified atom stereocenters. The van der Waals surface area contributed by atoms with E-state index in [1.165, 1.54) is 5.56 Å². The summed E-state index contributed by atoms with van der Waals surface area (Å²) in [4.78, 5) is 5.46. The summed E-state index contributed by atoms with van der Waals surface area (Å²) in [6, 6.07) is 10.3. The van der Waals surface area contributed by atoms with E-state index in [0.717, 1.165) is 21.3 Å². The first-order valence-corrected chi connectivity index (χ1v) is 7.46. The van der Waals surface area contributed by atoms with Crippen molar-refractivity contribution in [1.82, 2.24) is 4.98 Å². The molecule has 0 spiro atoms. The molecule has 20 heavy (non-hydrogen) atoms. The van der Waals surface area contributed by atoms with Gasteiger partial charge in [-0.1, -0.05) is 26.0 Å². The second-order valence-corrected chi connectivity index (χ2v) is 6.13. The van der Waals surface area contributed by atoms with E-state index in [2.05, 4.69) is 37.0 Å². The van der Waals surface area contributed by atoms with Crippen molar-refractivity contribution in [3.05, 3.63) is 45.4 Å². The van der Waals surface area contributed by atoms with Crippen molar-refractivity contribution in [3.63, 3.8) is 0 Å². The number of ether oxygens (including phenoxy) is 1. The highest BCUT2D eigenvalue weighted by Crippen LogP contribution is 2.22. The average Bonchev–Trinajstić information content (AvgIpc) is 2.78. The number of thiazole rings is 1. The minimum atomic E-state index is 0.423. The highest BCUT2D eigenvalue weighted by Gasteiger charge is 2.08. The van der Waals surface area contributed by atoms with Gasteiger partial charge in [0.15, 0.2) is 0 Å². The average molecular weight is 286 g/mol. The van der Waals surface area contributed by atoms with Crippen LogP contribution in [0.1, 0.15) is 40.9 Å². The molecule has 0 N–H and O–H groups in total. The molecule has 0 aliphatic heterocycles. The van der Waals surface area contributed by atoms with Crippen LogP contribution in [0.15, 0.2) is 24.3 Å². The monoisotopic (exact) mass is 286 g/mol. The third-order valence-electron chi connectivity index (χ3n) is 3.09. The van der Waals surface area contributed by atoms with Crippen LogP contribution in [-0.2, 0) is 13.0 Å². The first-order valence-electron chi connectivity index (χ1n) is 6.65. The van der Waals surface area contributed by atoms with Crippen molar-refractivity contribution >= 4 is 11.3 Å². The van der Waals surface area contributed by atoms with E-state index in [9.17, 15) is 0 Å². The molecule has 0 bridgehead atoms. The van der Waals surface area contributed by atoms with E-state index >= 15 is 0 Å². The molecule has 2 aromatic rings. The van der Waals surface area contributed by atoms with Crippen LogP contribution in [0, 0.1) is 18.3 Å². The summed E-state index contributed by atoms with van der Waals surface area (Å²) < 4.78 is 5.74. The molecule has 3 nitrogen and oxygen atoms in total. The zero-order chi connectivity index (χ0) is 14.5. The summed E-state index contributed by atoms with van der Waals surface area (Å²) in [5.41, 5.74) is 2.24. The fourth-order valence-corrected chi connectivity index (χ4v) is 2.79. The van der Waals surface area contributed by atoms with Crippen molar-refractivity contribution in [2.24, 2.45) is 0 Å². The van der Waals surface area contributed by atoms with Crippen molar-refractivity contribution in [1.29, 1.82) is 5.26 Å². The predicted molar refractivity (Wildman–Crippen MR) is 81.0 cm³/mol. The maximum atomic E-state index is 8.73. The zero-order valence-corrected chi connectivity index (χ0v) is 12.8. The van der Waals surface area contributed by atoms with Crippen molar-refractivity contribution in [2.75, 3.05) is 0 Å². The van der Waals surface area contributed by atoms with Crippen LogP contribution in [0.5, 0.6) is 5.75 Å². The number of hydrogen-bond acceptors (Lipinski definition) is 4. The Balaban J connectivity index is 1.98. The van der Waals surface area contributed by atoms with E-state index in [4.69, 9.17) is 10.00 Å². The maximum Gasteiger partial charge on any atom is 0.140 e. The van der Waals surface area contributed by atoms with Gasteiger partial charge in [0.1, 0.15) is 17.4 Å².